The second-order valence-electron chi connectivity index (χ2n) is 5.96. The van der Waals surface area contributed by atoms with Crippen LogP contribution in [0.15, 0.2) is 0 Å². The Hall–Kier alpha value is -1.10. The first-order valence-electron chi connectivity index (χ1n) is 7.16. The molecule has 0 aromatic carbocycles. The monoisotopic (exact) mass is 270 g/mol. The lowest BCUT2D eigenvalue weighted by Crippen LogP contribution is -2.32. The zero-order valence-electron chi connectivity index (χ0n) is 11.9. The summed E-state index contributed by atoms with van der Waals surface area (Å²) in [6.45, 7) is 6.52. The molecule has 0 aliphatic carbocycles. The Morgan fingerprint density at radius 2 is 2.16 bits per heavy atom. The van der Waals surface area contributed by atoms with Crippen LogP contribution in [0.1, 0.15) is 39.5 Å². The van der Waals surface area contributed by atoms with E-state index in [1.165, 1.54) is 0 Å². The zero-order valence-corrected chi connectivity index (χ0v) is 11.9. The van der Waals surface area contributed by atoms with E-state index in [1.807, 2.05) is 0 Å². The zero-order chi connectivity index (χ0) is 14.3. The molecule has 0 aromatic rings. The van der Waals surface area contributed by atoms with Crippen LogP contribution in [-0.2, 0) is 9.59 Å². The molecule has 5 nitrogen and oxygen atoms in total. The summed E-state index contributed by atoms with van der Waals surface area (Å²) in [6.07, 6.45) is 2.56. The highest BCUT2D eigenvalue weighted by Crippen LogP contribution is 2.15. The Kier molecular flexibility index (Phi) is 6.84. The summed E-state index contributed by atoms with van der Waals surface area (Å²) >= 11 is 0. The summed E-state index contributed by atoms with van der Waals surface area (Å²) in [5.41, 5.74) is 0. The van der Waals surface area contributed by atoms with Crippen molar-refractivity contribution in [2.24, 2.45) is 17.8 Å². The van der Waals surface area contributed by atoms with E-state index in [0.717, 1.165) is 25.9 Å². The molecular formula is C14H26N2O3. The van der Waals surface area contributed by atoms with Crippen molar-refractivity contribution in [3.05, 3.63) is 0 Å². The van der Waals surface area contributed by atoms with Crippen LogP contribution < -0.4 is 10.6 Å². The summed E-state index contributed by atoms with van der Waals surface area (Å²) in [5.74, 6) is 0.166. The minimum Gasteiger partial charge on any atom is -0.481 e. The molecule has 2 atom stereocenters. The van der Waals surface area contributed by atoms with Crippen molar-refractivity contribution in [1.29, 1.82) is 0 Å². The van der Waals surface area contributed by atoms with Crippen LogP contribution in [0.3, 0.4) is 0 Å². The van der Waals surface area contributed by atoms with E-state index in [4.69, 9.17) is 5.11 Å². The Balaban J connectivity index is 2.28. The van der Waals surface area contributed by atoms with Crippen molar-refractivity contribution < 1.29 is 14.7 Å². The van der Waals surface area contributed by atoms with Crippen LogP contribution in [0.4, 0.5) is 0 Å². The van der Waals surface area contributed by atoms with Gasteiger partial charge < -0.3 is 15.7 Å². The number of carboxylic acids is 1. The average Bonchev–Trinajstić information content (AvgIpc) is 2.77. The predicted molar refractivity (Wildman–Crippen MR) is 73.8 cm³/mol. The highest BCUT2D eigenvalue weighted by molar-refractivity contribution is 5.76. The number of aliphatic carboxylic acids is 1. The normalized spacial score (nSPS) is 20.5. The summed E-state index contributed by atoms with van der Waals surface area (Å²) in [6, 6.07) is 0. The predicted octanol–water partition coefficient (Wildman–Crippen LogP) is 1.24. The molecule has 1 rings (SSSR count). The van der Waals surface area contributed by atoms with Crippen molar-refractivity contribution in [2.75, 3.05) is 19.6 Å². The molecule has 3 N–H and O–H groups in total. The Bertz CT molecular complexity index is 299. The number of carboxylic acid groups (broad SMARTS) is 1. The SMILES string of the molecule is CC(C)CC(CNC(=O)CC1CCNC1)CC(=O)O. The molecule has 5 heteroatoms. The minimum atomic E-state index is -0.792. The van der Waals surface area contributed by atoms with E-state index in [1.54, 1.807) is 0 Å². The Labute approximate surface area is 115 Å². The number of hydrogen-bond acceptors (Lipinski definition) is 3. The van der Waals surface area contributed by atoms with Gasteiger partial charge in [0.25, 0.3) is 0 Å². The van der Waals surface area contributed by atoms with Crippen molar-refractivity contribution in [3.8, 4) is 0 Å². The molecule has 1 heterocycles. The molecular weight excluding hydrogens is 244 g/mol. The first kappa shape index (κ1) is 16.0. The van der Waals surface area contributed by atoms with E-state index in [9.17, 15) is 9.59 Å². The molecule has 1 fully saturated rings. The maximum atomic E-state index is 11.8. The maximum absolute atomic E-state index is 11.8. The lowest BCUT2D eigenvalue weighted by atomic mass is 9.94. The first-order valence-corrected chi connectivity index (χ1v) is 7.16. The van der Waals surface area contributed by atoms with Gasteiger partial charge in [-0.25, -0.2) is 0 Å². The summed E-state index contributed by atoms with van der Waals surface area (Å²) in [7, 11) is 0. The van der Waals surface area contributed by atoms with Gasteiger partial charge in [-0.1, -0.05) is 13.8 Å². The van der Waals surface area contributed by atoms with Crippen LogP contribution in [0.25, 0.3) is 0 Å². The molecule has 110 valence electrons. The number of hydrogen-bond donors (Lipinski definition) is 3. The molecule has 0 spiro atoms. The van der Waals surface area contributed by atoms with E-state index in [0.29, 0.717) is 24.8 Å². The van der Waals surface area contributed by atoms with Gasteiger partial charge in [0.05, 0.1) is 0 Å². The van der Waals surface area contributed by atoms with Crippen LogP contribution in [0, 0.1) is 17.8 Å². The standard InChI is InChI=1S/C14H26N2O3/c1-10(2)5-12(7-14(18)19)9-16-13(17)6-11-3-4-15-8-11/h10-12,15H,3-9H2,1-2H3,(H,16,17)(H,18,19). The molecule has 0 aromatic heterocycles. The number of rotatable bonds is 8. The second-order valence-corrected chi connectivity index (χ2v) is 5.96. The largest absolute Gasteiger partial charge is 0.481 e. The second kappa shape index (κ2) is 8.15. The van der Waals surface area contributed by atoms with E-state index in [-0.39, 0.29) is 18.2 Å². The van der Waals surface area contributed by atoms with E-state index in [2.05, 4.69) is 24.5 Å². The third-order valence-corrected chi connectivity index (χ3v) is 3.49. The molecule has 1 aliphatic heterocycles. The lowest BCUT2D eigenvalue weighted by molar-refractivity contribution is -0.138. The van der Waals surface area contributed by atoms with E-state index >= 15 is 0 Å². The Morgan fingerprint density at radius 1 is 1.42 bits per heavy atom. The topological polar surface area (TPSA) is 78.4 Å². The Morgan fingerprint density at radius 3 is 2.68 bits per heavy atom. The van der Waals surface area contributed by atoms with Gasteiger partial charge in [-0.3, -0.25) is 9.59 Å². The minimum absolute atomic E-state index is 0.0307. The van der Waals surface area contributed by atoms with Crippen molar-refractivity contribution in [3.63, 3.8) is 0 Å². The summed E-state index contributed by atoms with van der Waals surface area (Å²) < 4.78 is 0. The van der Waals surface area contributed by atoms with Gasteiger partial charge in [0.15, 0.2) is 0 Å². The third-order valence-electron chi connectivity index (χ3n) is 3.49. The van der Waals surface area contributed by atoms with Gasteiger partial charge >= 0.3 is 5.97 Å². The van der Waals surface area contributed by atoms with Gasteiger partial charge in [-0.2, -0.15) is 0 Å². The molecule has 2 unspecified atom stereocenters. The molecule has 1 aliphatic rings. The van der Waals surface area contributed by atoms with Crippen molar-refractivity contribution in [1.82, 2.24) is 10.6 Å². The van der Waals surface area contributed by atoms with Crippen LogP contribution in [-0.4, -0.2) is 36.6 Å². The number of nitrogens with one attached hydrogen (secondary N) is 2. The summed E-state index contributed by atoms with van der Waals surface area (Å²) in [5, 5.41) is 15.0. The van der Waals surface area contributed by atoms with Crippen LogP contribution in [0.5, 0.6) is 0 Å². The number of carbonyl (C=O) groups is 2. The number of amides is 1. The van der Waals surface area contributed by atoms with Gasteiger partial charge in [0.2, 0.25) is 5.91 Å². The molecule has 0 bridgehead atoms. The van der Waals surface area contributed by atoms with Crippen LogP contribution in [0.2, 0.25) is 0 Å². The fraction of sp³-hybridized carbons (Fsp3) is 0.857. The molecule has 1 amide bonds. The quantitative estimate of drug-likeness (QED) is 0.620. The summed E-state index contributed by atoms with van der Waals surface area (Å²) in [4.78, 5) is 22.6. The molecule has 0 saturated carbocycles. The van der Waals surface area contributed by atoms with Gasteiger partial charge in [0.1, 0.15) is 0 Å². The molecule has 19 heavy (non-hydrogen) atoms. The molecule has 1 saturated heterocycles. The fourth-order valence-corrected chi connectivity index (χ4v) is 2.63. The maximum Gasteiger partial charge on any atom is 0.303 e. The first-order chi connectivity index (χ1) is 8.97. The highest BCUT2D eigenvalue weighted by Gasteiger charge is 2.20. The van der Waals surface area contributed by atoms with Gasteiger partial charge in [0, 0.05) is 19.4 Å². The fourth-order valence-electron chi connectivity index (χ4n) is 2.63. The smallest absolute Gasteiger partial charge is 0.303 e. The van der Waals surface area contributed by atoms with Crippen molar-refractivity contribution >= 4 is 11.9 Å². The molecule has 0 radical (unpaired) electrons. The van der Waals surface area contributed by atoms with Gasteiger partial charge in [-0.05, 0) is 43.7 Å². The van der Waals surface area contributed by atoms with E-state index < -0.39 is 5.97 Å². The average molecular weight is 270 g/mol. The van der Waals surface area contributed by atoms with Gasteiger partial charge in [-0.15, -0.1) is 0 Å². The third kappa shape index (κ3) is 7.15. The van der Waals surface area contributed by atoms with Crippen LogP contribution >= 0.6 is 0 Å². The number of carbonyl (C=O) groups excluding carboxylic acids is 1. The van der Waals surface area contributed by atoms with Crippen molar-refractivity contribution in [2.45, 2.75) is 39.5 Å². The highest BCUT2D eigenvalue weighted by atomic mass is 16.4. The lowest BCUT2D eigenvalue weighted by Gasteiger charge is -2.18.